The Labute approximate surface area is 180 Å². The third-order valence-electron chi connectivity index (χ3n) is 5.14. The third kappa shape index (κ3) is 4.28. The van der Waals surface area contributed by atoms with E-state index in [1.807, 2.05) is 66.9 Å². The number of pyridine rings is 3. The predicted octanol–water partition coefficient (Wildman–Crippen LogP) is 4.22. The van der Waals surface area contributed by atoms with Gasteiger partial charge in [0.05, 0.1) is 11.4 Å². The van der Waals surface area contributed by atoms with Crippen molar-refractivity contribution in [1.82, 2.24) is 14.5 Å². The minimum absolute atomic E-state index is 0.0709. The first kappa shape index (κ1) is 20.2. The molecule has 0 aliphatic heterocycles. The summed E-state index contributed by atoms with van der Waals surface area (Å²) >= 11 is 0. The van der Waals surface area contributed by atoms with Crippen molar-refractivity contribution in [2.75, 3.05) is 5.32 Å². The van der Waals surface area contributed by atoms with Crippen LogP contribution in [0.15, 0.2) is 84.0 Å². The number of para-hydroxylation sites is 1. The first-order chi connectivity index (χ1) is 15.0. The summed E-state index contributed by atoms with van der Waals surface area (Å²) in [6, 6.07) is 18.2. The quantitative estimate of drug-likeness (QED) is 0.534. The number of aromatic nitrogens is 3. The minimum atomic E-state index is -0.455. The lowest BCUT2D eigenvalue weighted by Crippen LogP contribution is -2.27. The number of benzene rings is 1. The number of hydrogen-bond acceptors (Lipinski definition) is 4. The Morgan fingerprint density at radius 3 is 2.42 bits per heavy atom. The number of nitrogens with one attached hydrogen (secondary N) is 1. The first-order valence-corrected chi connectivity index (χ1v) is 9.96. The first-order valence-electron chi connectivity index (χ1n) is 9.96. The Hall–Kier alpha value is -4.06. The fourth-order valence-electron chi connectivity index (χ4n) is 3.53. The number of nitrogens with zero attached hydrogens (tertiary/aromatic N) is 3. The normalized spacial score (nSPS) is 10.6. The van der Waals surface area contributed by atoms with Gasteiger partial charge in [0.1, 0.15) is 5.56 Å². The predicted molar refractivity (Wildman–Crippen MR) is 121 cm³/mol. The molecule has 0 atom stereocenters. The van der Waals surface area contributed by atoms with Gasteiger partial charge in [-0.15, -0.1) is 0 Å². The average Bonchev–Trinajstić information content (AvgIpc) is 2.78. The molecule has 1 N–H and O–H groups in total. The lowest BCUT2D eigenvalue weighted by Gasteiger charge is -2.20. The summed E-state index contributed by atoms with van der Waals surface area (Å²) in [6.07, 6.45) is 5.10. The van der Waals surface area contributed by atoms with E-state index in [0.717, 1.165) is 16.8 Å². The van der Waals surface area contributed by atoms with Crippen LogP contribution in [-0.2, 0) is 6.54 Å². The van der Waals surface area contributed by atoms with Gasteiger partial charge in [-0.3, -0.25) is 19.6 Å². The number of carbonyl (C=O) groups excluding carboxylic acids is 1. The molecule has 0 bridgehead atoms. The molecule has 3 heterocycles. The molecule has 154 valence electrons. The van der Waals surface area contributed by atoms with E-state index in [1.165, 1.54) is 6.07 Å². The molecule has 6 nitrogen and oxygen atoms in total. The summed E-state index contributed by atoms with van der Waals surface area (Å²) in [5, 5.41) is 2.90. The van der Waals surface area contributed by atoms with Gasteiger partial charge in [-0.2, -0.15) is 0 Å². The monoisotopic (exact) mass is 410 g/mol. The van der Waals surface area contributed by atoms with Crippen LogP contribution < -0.4 is 10.7 Å². The fourth-order valence-corrected chi connectivity index (χ4v) is 3.53. The molecule has 0 saturated carbocycles. The van der Waals surface area contributed by atoms with Crippen molar-refractivity contribution >= 4 is 11.6 Å². The molecule has 1 aromatic carbocycles. The maximum atomic E-state index is 13.3. The summed E-state index contributed by atoms with van der Waals surface area (Å²) in [5.41, 5.74) is 4.12. The van der Waals surface area contributed by atoms with Crippen LogP contribution in [-0.4, -0.2) is 20.4 Å². The van der Waals surface area contributed by atoms with Crippen LogP contribution in [0, 0.1) is 13.8 Å². The highest BCUT2D eigenvalue weighted by molar-refractivity contribution is 6.08. The zero-order valence-corrected chi connectivity index (χ0v) is 17.4. The maximum absolute atomic E-state index is 13.3. The van der Waals surface area contributed by atoms with Crippen molar-refractivity contribution in [2.24, 2.45) is 0 Å². The maximum Gasteiger partial charge on any atom is 0.261 e. The molecule has 4 rings (SSSR count). The van der Waals surface area contributed by atoms with E-state index in [2.05, 4.69) is 15.3 Å². The van der Waals surface area contributed by atoms with E-state index in [4.69, 9.17) is 0 Å². The zero-order chi connectivity index (χ0) is 21.8. The van der Waals surface area contributed by atoms with Crippen LogP contribution in [0.25, 0.3) is 11.4 Å². The summed E-state index contributed by atoms with van der Waals surface area (Å²) in [4.78, 5) is 34.9. The van der Waals surface area contributed by atoms with E-state index in [9.17, 15) is 9.59 Å². The molecular formula is C25H22N4O2. The largest absolute Gasteiger partial charge is 0.338 e. The van der Waals surface area contributed by atoms with E-state index in [-0.39, 0.29) is 11.0 Å². The molecule has 0 spiro atoms. The molecule has 3 aromatic heterocycles. The lowest BCUT2D eigenvalue weighted by molar-refractivity contribution is 0.102. The van der Waals surface area contributed by atoms with Gasteiger partial charge in [0, 0.05) is 42.6 Å². The van der Waals surface area contributed by atoms with Crippen molar-refractivity contribution in [3.05, 3.63) is 112 Å². The van der Waals surface area contributed by atoms with Gasteiger partial charge >= 0.3 is 0 Å². The van der Waals surface area contributed by atoms with Gasteiger partial charge < -0.3 is 9.88 Å². The Morgan fingerprint density at radius 2 is 1.71 bits per heavy atom. The Bertz CT molecular complexity index is 1280. The second-order valence-corrected chi connectivity index (χ2v) is 7.30. The third-order valence-corrected chi connectivity index (χ3v) is 5.14. The van der Waals surface area contributed by atoms with Crippen molar-refractivity contribution in [3.8, 4) is 11.4 Å². The van der Waals surface area contributed by atoms with Crippen LogP contribution in [0.2, 0.25) is 0 Å². The summed E-state index contributed by atoms with van der Waals surface area (Å²) < 4.78 is 1.95. The highest BCUT2D eigenvalue weighted by atomic mass is 16.2. The van der Waals surface area contributed by atoms with Gasteiger partial charge in [-0.1, -0.05) is 24.3 Å². The van der Waals surface area contributed by atoms with Crippen molar-refractivity contribution in [2.45, 2.75) is 20.4 Å². The summed E-state index contributed by atoms with van der Waals surface area (Å²) in [7, 11) is 0. The number of hydrogen-bond donors (Lipinski definition) is 1. The summed E-state index contributed by atoms with van der Waals surface area (Å²) in [6.45, 7) is 4.25. The van der Waals surface area contributed by atoms with Gasteiger partial charge in [-0.25, -0.2) is 0 Å². The smallest absolute Gasteiger partial charge is 0.261 e. The Balaban J connectivity index is 1.90. The average molecular weight is 410 g/mol. The van der Waals surface area contributed by atoms with Crippen molar-refractivity contribution in [3.63, 3.8) is 0 Å². The van der Waals surface area contributed by atoms with E-state index in [1.54, 1.807) is 24.7 Å². The standard InChI is InChI=1S/C25H22N4O2/c1-17-7-3-4-8-20(17)28-25(31)23-22(30)15-18(2)29(16-19-10-13-26-14-11-19)24(23)21-9-5-6-12-27-21/h3-15H,16H2,1-2H3,(H,28,31). The minimum Gasteiger partial charge on any atom is -0.338 e. The molecule has 6 heteroatoms. The molecule has 0 saturated heterocycles. The molecule has 0 unspecified atom stereocenters. The van der Waals surface area contributed by atoms with Crippen LogP contribution in [0.3, 0.4) is 0 Å². The second-order valence-electron chi connectivity index (χ2n) is 7.30. The van der Waals surface area contributed by atoms with Crippen LogP contribution in [0.4, 0.5) is 5.69 Å². The van der Waals surface area contributed by atoms with E-state index >= 15 is 0 Å². The highest BCUT2D eigenvalue weighted by Gasteiger charge is 2.23. The number of rotatable bonds is 5. The topological polar surface area (TPSA) is 76.9 Å². The summed E-state index contributed by atoms with van der Waals surface area (Å²) in [5.74, 6) is -0.455. The van der Waals surface area contributed by atoms with E-state index in [0.29, 0.717) is 23.6 Å². The van der Waals surface area contributed by atoms with Crippen LogP contribution in [0.1, 0.15) is 27.2 Å². The number of anilines is 1. The van der Waals surface area contributed by atoms with Gasteiger partial charge in [0.2, 0.25) is 0 Å². The molecule has 1 amide bonds. The highest BCUT2D eigenvalue weighted by Crippen LogP contribution is 2.24. The van der Waals surface area contributed by atoms with Crippen molar-refractivity contribution < 1.29 is 4.79 Å². The SMILES string of the molecule is Cc1ccccc1NC(=O)c1c(-c2ccccn2)n(Cc2ccncc2)c(C)cc1=O. The number of amides is 1. The molecule has 0 radical (unpaired) electrons. The van der Waals surface area contributed by atoms with Gasteiger partial charge in [-0.05, 0) is 55.3 Å². The molecule has 0 aliphatic carbocycles. The Kier molecular flexibility index (Phi) is 5.71. The van der Waals surface area contributed by atoms with Crippen LogP contribution >= 0.6 is 0 Å². The molecule has 0 aliphatic rings. The van der Waals surface area contributed by atoms with Crippen molar-refractivity contribution in [1.29, 1.82) is 0 Å². The molecule has 0 fully saturated rings. The lowest BCUT2D eigenvalue weighted by atomic mass is 10.1. The Morgan fingerprint density at radius 1 is 0.968 bits per heavy atom. The van der Waals surface area contributed by atoms with E-state index < -0.39 is 5.91 Å². The van der Waals surface area contributed by atoms with Crippen LogP contribution in [0.5, 0.6) is 0 Å². The van der Waals surface area contributed by atoms with Gasteiger partial charge in [0.25, 0.3) is 5.91 Å². The molecular weight excluding hydrogens is 388 g/mol. The number of carbonyl (C=O) groups is 1. The molecule has 4 aromatic rings. The zero-order valence-electron chi connectivity index (χ0n) is 17.4. The molecule has 31 heavy (non-hydrogen) atoms. The second kappa shape index (κ2) is 8.75. The number of aryl methyl sites for hydroxylation is 2. The van der Waals surface area contributed by atoms with Gasteiger partial charge in [0.15, 0.2) is 5.43 Å². The fraction of sp³-hybridized carbons (Fsp3) is 0.120.